The van der Waals surface area contributed by atoms with Crippen molar-refractivity contribution >= 4 is 11.6 Å². The summed E-state index contributed by atoms with van der Waals surface area (Å²) in [4.78, 5) is 25.0. The summed E-state index contributed by atoms with van der Waals surface area (Å²) < 4.78 is 5.15. The zero-order chi connectivity index (χ0) is 16.8. The molecule has 0 saturated heterocycles. The van der Waals surface area contributed by atoms with Crippen LogP contribution in [0.4, 0.5) is 0 Å². The highest BCUT2D eigenvalue weighted by atomic mass is 16.5. The summed E-state index contributed by atoms with van der Waals surface area (Å²) in [5.74, 6) is -0.766. The molecule has 0 unspecified atom stereocenters. The van der Waals surface area contributed by atoms with Crippen LogP contribution in [0.3, 0.4) is 0 Å². The summed E-state index contributed by atoms with van der Waals surface area (Å²) in [6.45, 7) is 5.27. The van der Waals surface area contributed by atoms with Gasteiger partial charge in [0.05, 0.1) is 13.0 Å². The van der Waals surface area contributed by atoms with Crippen LogP contribution in [0, 0.1) is 5.92 Å². The zero-order valence-electron chi connectivity index (χ0n) is 13.4. The van der Waals surface area contributed by atoms with E-state index in [4.69, 9.17) is 4.74 Å². The normalized spacial score (nSPS) is 13.0. The molecule has 0 radical (unpaired) electrons. The van der Waals surface area contributed by atoms with Gasteiger partial charge in [-0.25, -0.2) is 0 Å². The highest BCUT2D eigenvalue weighted by Gasteiger charge is 2.32. The molecule has 2 aromatic rings. The Morgan fingerprint density at radius 2 is 1.65 bits per heavy atom. The molecule has 2 aromatic carbocycles. The quantitative estimate of drug-likeness (QED) is 0.440. The minimum atomic E-state index is -0.775. The number of carbonyl (C=O) groups is 2. The van der Waals surface area contributed by atoms with Gasteiger partial charge in [-0.3, -0.25) is 9.59 Å². The summed E-state index contributed by atoms with van der Waals surface area (Å²) >= 11 is 0. The summed E-state index contributed by atoms with van der Waals surface area (Å²) in [6.07, 6.45) is 1.66. The van der Waals surface area contributed by atoms with Crippen LogP contribution >= 0.6 is 0 Å². The lowest BCUT2D eigenvalue weighted by Crippen LogP contribution is -2.28. The van der Waals surface area contributed by atoms with Crippen LogP contribution in [-0.2, 0) is 4.79 Å². The standard InChI is InChI=1S/C20H20O3/c1-4-18(15-10-12-17(23-3)13-11-15)19(14(2)21)20(22)16-8-6-5-7-9-16/h4-13,18-19H,1H2,2-3H3/t18-,19-/m1/s1. The highest BCUT2D eigenvalue weighted by molar-refractivity contribution is 6.11. The Morgan fingerprint density at radius 1 is 1.04 bits per heavy atom. The fraction of sp³-hybridized carbons (Fsp3) is 0.200. The molecule has 0 aliphatic rings. The number of methoxy groups -OCH3 is 1. The van der Waals surface area contributed by atoms with Gasteiger partial charge < -0.3 is 4.74 Å². The van der Waals surface area contributed by atoms with Crippen LogP contribution < -0.4 is 4.74 Å². The fourth-order valence-electron chi connectivity index (χ4n) is 2.67. The SMILES string of the molecule is C=C[C@H](c1ccc(OC)cc1)[C@@H](C(C)=O)C(=O)c1ccccc1. The van der Waals surface area contributed by atoms with Crippen molar-refractivity contribution in [2.24, 2.45) is 5.92 Å². The van der Waals surface area contributed by atoms with E-state index in [0.29, 0.717) is 5.56 Å². The highest BCUT2D eigenvalue weighted by Crippen LogP contribution is 2.30. The number of ether oxygens (including phenoxy) is 1. The van der Waals surface area contributed by atoms with E-state index < -0.39 is 5.92 Å². The van der Waals surface area contributed by atoms with Crippen molar-refractivity contribution < 1.29 is 14.3 Å². The summed E-state index contributed by atoms with van der Waals surface area (Å²) in [6, 6.07) is 16.2. The molecule has 0 spiro atoms. The van der Waals surface area contributed by atoms with Crippen LogP contribution in [0.2, 0.25) is 0 Å². The van der Waals surface area contributed by atoms with Crippen molar-refractivity contribution in [2.75, 3.05) is 7.11 Å². The summed E-state index contributed by atoms with van der Waals surface area (Å²) in [7, 11) is 1.59. The van der Waals surface area contributed by atoms with E-state index in [1.807, 2.05) is 30.3 Å². The van der Waals surface area contributed by atoms with Gasteiger partial charge in [0, 0.05) is 11.5 Å². The zero-order valence-corrected chi connectivity index (χ0v) is 13.4. The number of Topliss-reactive ketones (excluding diaryl/α,β-unsaturated/α-hetero) is 2. The van der Waals surface area contributed by atoms with Gasteiger partial charge in [0.2, 0.25) is 0 Å². The second-order valence-electron chi connectivity index (χ2n) is 5.35. The molecule has 0 bridgehead atoms. The third-order valence-electron chi connectivity index (χ3n) is 3.89. The first-order chi connectivity index (χ1) is 11.1. The van der Waals surface area contributed by atoms with E-state index in [1.165, 1.54) is 6.92 Å². The van der Waals surface area contributed by atoms with Gasteiger partial charge in [-0.15, -0.1) is 6.58 Å². The second-order valence-corrected chi connectivity index (χ2v) is 5.35. The molecule has 3 nitrogen and oxygen atoms in total. The van der Waals surface area contributed by atoms with Crippen molar-refractivity contribution in [2.45, 2.75) is 12.8 Å². The number of hydrogen-bond donors (Lipinski definition) is 0. The van der Waals surface area contributed by atoms with Gasteiger partial charge in [0.15, 0.2) is 5.78 Å². The molecule has 3 heteroatoms. The van der Waals surface area contributed by atoms with Gasteiger partial charge in [-0.2, -0.15) is 0 Å². The Bertz CT molecular complexity index is 687. The molecule has 0 fully saturated rings. The first kappa shape index (κ1) is 16.7. The van der Waals surface area contributed by atoms with Crippen LogP contribution in [-0.4, -0.2) is 18.7 Å². The summed E-state index contributed by atoms with van der Waals surface area (Å²) in [5.41, 5.74) is 1.40. The third-order valence-corrected chi connectivity index (χ3v) is 3.89. The lowest BCUT2D eigenvalue weighted by molar-refractivity contribution is -0.119. The van der Waals surface area contributed by atoms with Crippen LogP contribution in [0.5, 0.6) is 5.75 Å². The maximum atomic E-state index is 12.8. The molecule has 2 rings (SSSR count). The van der Waals surface area contributed by atoms with E-state index in [1.54, 1.807) is 37.5 Å². The first-order valence-corrected chi connectivity index (χ1v) is 7.44. The molecule has 118 valence electrons. The predicted octanol–water partition coefficient (Wildman–Crippen LogP) is 4.05. The van der Waals surface area contributed by atoms with Crippen molar-refractivity contribution in [1.82, 2.24) is 0 Å². The average molecular weight is 308 g/mol. The smallest absolute Gasteiger partial charge is 0.174 e. The van der Waals surface area contributed by atoms with Gasteiger partial charge in [0.25, 0.3) is 0 Å². The van der Waals surface area contributed by atoms with Crippen LogP contribution in [0.25, 0.3) is 0 Å². The maximum Gasteiger partial charge on any atom is 0.174 e. The Kier molecular flexibility index (Phi) is 5.47. The molecule has 0 amide bonds. The van der Waals surface area contributed by atoms with Crippen LogP contribution in [0.15, 0.2) is 67.3 Å². The minimum absolute atomic E-state index is 0.167. The Morgan fingerprint density at radius 3 is 2.13 bits per heavy atom. The van der Waals surface area contributed by atoms with Crippen molar-refractivity contribution in [1.29, 1.82) is 0 Å². The Labute approximate surface area is 136 Å². The van der Waals surface area contributed by atoms with Crippen molar-refractivity contribution in [3.05, 3.63) is 78.4 Å². The maximum absolute atomic E-state index is 12.8. The van der Waals surface area contributed by atoms with Gasteiger partial charge >= 0.3 is 0 Å². The molecular weight excluding hydrogens is 288 g/mol. The molecule has 0 aliphatic heterocycles. The molecule has 23 heavy (non-hydrogen) atoms. The molecule has 0 saturated carbocycles. The molecule has 0 heterocycles. The van der Waals surface area contributed by atoms with Gasteiger partial charge in [0.1, 0.15) is 11.5 Å². The van der Waals surface area contributed by atoms with Crippen molar-refractivity contribution in [3.63, 3.8) is 0 Å². The molecule has 2 atom stereocenters. The predicted molar refractivity (Wildman–Crippen MR) is 90.9 cm³/mol. The number of carbonyl (C=O) groups excluding carboxylic acids is 2. The minimum Gasteiger partial charge on any atom is -0.497 e. The number of rotatable bonds is 7. The fourth-order valence-corrected chi connectivity index (χ4v) is 2.67. The molecule has 0 N–H and O–H groups in total. The lowest BCUT2D eigenvalue weighted by Gasteiger charge is -2.22. The summed E-state index contributed by atoms with van der Waals surface area (Å²) in [5, 5.41) is 0. The van der Waals surface area contributed by atoms with Gasteiger partial charge in [-0.1, -0.05) is 48.5 Å². The Balaban J connectivity index is 2.39. The number of benzene rings is 2. The van der Waals surface area contributed by atoms with E-state index >= 15 is 0 Å². The second kappa shape index (κ2) is 7.54. The van der Waals surface area contributed by atoms with E-state index in [0.717, 1.165) is 11.3 Å². The van der Waals surface area contributed by atoms with Crippen molar-refractivity contribution in [3.8, 4) is 5.75 Å². The van der Waals surface area contributed by atoms with E-state index in [-0.39, 0.29) is 17.5 Å². The van der Waals surface area contributed by atoms with Crippen LogP contribution in [0.1, 0.15) is 28.8 Å². The average Bonchev–Trinajstić information content (AvgIpc) is 2.59. The largest absolute Gasteiger partial charge is 0.497 e. The number of allylic oxidation sites excluding steroid dienone is 1. The van der Waals surface area contributed by atoms with Gasteiger partial charge in [-0.05, 0) is 24.6 Å². The number of ketones is 2. The third kappa shape index (κ3) is 3.75. The molecule has 0 aliphatic carbocycles. The van der Waals surface area contributed by atoms with E-state index in [9.17, 15) is 9.59 Å². The topological polar surface area (TPSA) is 43.4 Å². The molecular formula is C20H20O3. The lowest BCUT2D eigenvalue weighted by atomic mass is 9.79. The van der Waals surface area contributed by atoms with E-state index in [2.05, 4.69) is 6.58 Å². The number of hydrogen-bond acceptors (Lipinski definition) is 3. The monoisotopic (exact) mass is 308 g/mol. The first-order valence-electron chi connectivity index (χ1n) is 7.44. The Hall–Kier alpha value is -2.68. The molecule has 0 aromatic heterocycles.